The van der Waals surface area contributed by atoms with Gasteiger partial charge in [-0.1, -0.05) is 0 Å². The fourth-order valence-corrected chi connectivity index (χ4v) is 1.08. The van der Waals surface area contributed by atoms with Gasteiger partial charge in [0.2, 0.25) is 0 Å². The summed E-state index contributed by atoms with van der Waals surface area (Å²) in [6, 6.07) is -0.712. The van der Waals surface area contributed by atoms with Gasteiger partial charge in [-0.15, -0.1) is 0 Å². The molecular weight excluding hydrogens is 186 g/mol. The van der Waals surface area contributed by atoms with E-state index in [0.717, 1.165) is 0 Å². The monoisotopic (exact) mass is 203 g/mol. The lowest BCUT2D eigenvalue weighted by atomic mass is 10.2. The van der Waals surface area contributed by atoms with Crippen LogP contribution in [-0.2, 0) is 14.3 Å². The molecule has 2 atom stereocenters. The fourth-order valence-electron chi connectivity index (χ4n) is 1.08. The fraction of sp³-hybridized carbons (Fsp3) is 0.778. The molecule has 2 N–H and O–H groups in total. The van der Waals surface area contributed by atoms with Crippen LogP contribution in [0.4, 0.5) is 0 Å². The molecule has 0 spiro atoms. The van der Waals surface area contributed by atoms with E-state index in [2.05, 4.69) is 5.32 Å². The highest BCUT2D eigenvalue weighted by Crippen LogP contribution is 1.95. The van der Waals surface area contributed by atoms with Gasteiger partial charge in [0.25, 0.3) is 0 Å². The Morgan fingerprint density at radius 3 is 2.43 bits per heavy atom. The molecule has 5 nitrogen and oxygen atoms in total. The molecule has 2 unspecified atom stereocenters. The van der Waals surface area contributed by atoms with Crippen molar-refractivity contribution in [2.75, 3.05) is 6.61 Å². The number of rotatable bonds is 6. The predicted octanol–water partition coefficient (Wildman–Crippen LogP) is 0.391. The average Bonchev–Trinajstić information content (AvgIpc) is 2.02. The molecule has 0 saturated heterocycles. The maximum Gasteiger partial charge on any atom is 0.322 e. The second kappa shape index (κ2) is 6.37. The molecule has 82 valence electrons. The number of nitrogens with one attached hydrogen (secondary N) is 1. The zero-order valence-electron chi connectivity index (χ0n) is 8.74. The highest BCUT2D eigenvalue weighted by molar-refractivity contribution is 5.75. The lowest BCUT2D eigenvalue weighted by molar-refractivity contribution is -0.146. The molecule has 0 heterocycles. The Balaban J connectivity index is 3.86. The molecule has 0 aromatic carbocycles. The number of carbonyl (C=O) groups excluding carboxylic acids is 1. The van der Waals surface area contributed by atoms with E-state index >= 15 is 0 Å². The van der Waals surface area contributed by atoms with Crippen LogP contribution in [0.5, 0.6) is 0 Å². The molecule has 0 aliphatic rings. The quantitative estimate of drug-likeness (QED) is 0.611. The Kier molecular flexibility index (Phi) is 5.87. The van der Waals surface area contributed by atoms with Crippen molar-refractivity contribution in [3.8, 4) is 0 Å². The molecule has 0 aromatic rings. The van der Waals surface area contributed by atoms with Gasteiger partial charge >= 0.3 is 11.9 Å². The van der Waals surface area contributed by atoms with Gasteiger partial charge in [0.05, 0.1) is 13.0 Å². The van der Waals surface area contributed by atoms with Gasteiger partial charge in [0, 0.05) is 6.04 Å². The minimum absolute atomic E-state index is 0.0102. The van der Waals surface area contributed by atoms with Gasteiger partial charge in [0.15, 0.2) is 0 Å². The average molecular weight is 203 g/mol. The Morgan fingerprint density at radius 2 is 2.00 bits per heavy atom. The lowest BCUT2D eigenvalue weighted by Gasteiger charge is -2.16. The normalized spacial score (nSPS) is 14.5. The van der Waals surface area contributed by atoms with Crippen LogP contribution in [-0.4, -0.2) is 35.7 Å². The van der Waals surface area contributed by atoms with Gasteiger partial charge in [-0.3, -0.25) is 9.59 Å². The zero-order valence-corrected chi connectivity index (χ0v) is 8.74. The smallest absolute Gasteiger partial charge is 0.322 e. The Morgan fingerprint density at radius 1 is 1.43 bits per heavy atom. The molecule has 0 fully saturated rings. The number of esters is 1. The van der Waals surface area contributed by atoms with E-state index in [4.69, 9.17) is 9.84 Å². The Bertz CT molecular complexity index is 205. The van der Waals surface area contributed by atoms with E-state index in [-0.39, 0.29) is 18.4 Å². The number of carboxylic acids is 1. The standard InChI is InChI=1S/C9H17NO4/c1-4-14-9(13)7(3)10-6(2)5-8(11)12/h6-7,10H,4-5H2,1-3H3,(H,11,12). The van der Waals surface area contributed by atoms with Crippen molar-refractivity contribution >= 4 is 11.9 Å². The summed E-state index contributed by atoms with van der Waals surface area (Å²) in [4.78, 5) is 21.5. The highest BCUT2D eigenvalue weighted by atomic mass is 16.5. The highest BCUT2D eigenvalue weighted by Gasteiger charge is 2.17. The SMILES string of the molecule is CCOC(=O)C(C)NC(C)CC(=O)O. The minimum Gasteiger partial charge on any atom is -0.481 e. The molecule has 5 heteroatoms. The van der Waals surface area contributed by atoms with Crippen LogP contribution < -0.4 is 5.32 Å². The van der Waals surface area contributed by atoms with E-state index in [0.29, 0.717) is 6.61 Å². The molecule has 0 saturated carbocycles. The van der Waals surface area contributed by atoms with Crippen LogP contribution in [0.15, 0.2) is 0 Å². The van der Waals surface area contributed by atoms with Crippen molar-refractivity contribution in [3.05, 3.63) is 0 Å². The third-order valence-corrected chi connectivity index (χ3v) is 1.66. The summed E-state index contributed by atoms with van der Waals surface area (Å²) in [6.07, 6.45) is -0.0102. The van der Waals surface area contributed by atoms with E-state index in [1.807, 2.05) is 0 Å². The zero-order chi connectivity index (χ0) is 11.1. The summed E-state index contributed by atoms with van der Waals surface area (Å²) in [5.41, 5.74) is 0. The Hall–Kier alpha value is -1.10. The lowest BCUT2D eigenvalue weighted by Crippen LogP contribution is -2.41. The van der Waals surface area contributed by atoms with Crippen molar-refractivity contribution in [3.63, 3.8) is 0 Å². The molecule has 0 aliphatic heterocycles. The van der Waals surface area contributed by atoms with Crippen LogP contribution in [0.1, 0.15) is 27.2 Å². The van der Waals surface area contributed by atoms with Gasteiger partial charge in [-0.05, 0) is 20.8 Å². The molecule has 14 heavy (non-hydrogen) atoms. The predicted molar refractivity (Wildman–Crippen MR) is 50.9 cm³/mol. The summed E-state index contributed by atoms with van der Waals surface area (Å²) < 4.78 is 4.76. The first-order chi connectivity index (χ1) is 6.47. The largest absolute Gasteiger partial charge is 0.481 e. The van der Waals surface area contributed by atoms with Crippen molar-refractivity contribution < 1.29 is 19.4 Å². The van der Waals surface area contributed by atoms with Gasteiger partial charge in [0.1, 0.15) is 6.04 Å². The third kappa shape index (κ3) is 5.53. The second-order valence-electron chi connectivity index (χ2n) is 3.14. The third-order valence-electron chi connectivity index (χ3n) is 1.66. The summed E-state index contributed by atoms with van der Waals surface area (Å²) in [5, 5.41) is 11.3. The van der Waals surface area contributed by atoms with E-state index < -0.39 is 12.0 Å². The van der Waals surface area contributed by atoms with Crippen LogP contribution >= 0.6 is 0 Å². The Labute approximate surface area is 83.4 Å². The van der Waals surface area contributed by atoms with Gasteiger partial charge in [-0.25, -0.2) is 0 Å². The van der Waals surface area contributed by atoms with Gasteiger partial charge in [-0.2, -0.15) is 0 Å². The number of carboxylic acid groups (broad SMARTS) is 1. The van der Waals surface area contributed by atoms with E-state index in [9.17, 15) is 9.59 Å². The second-order valence-corrected chi connectivity index (χ2v) is 3.14. The maximum absolute atomic E-state index is 11.1. The summed E-state index contributed by atoms with van der Waals surface area (Å²) in [5.74, 6) is -1.24. The van der Waals surface area contributed by atoms with Crippen molar-refractivity contribution in [2.24, 2.45) is 0 Å². The molecule has 0 amide bonds. The summed E-state index contributed by atoms with van der Waals surface area (Å²) in [7, 11) is 0. The van der Waals surface area contributed by atoms with E-state index in [1.165, 1.54) is 0 Å². The summed E-state index contributed by atoms with van der Waals surface area (Å²) >= 11 is 0. The van der Waals surface area contributed by atoms with Crippen molar-refractivity contribution in [1.29, 1.82) is 0 Å². The molecule has 0 bridgehead atoms. The number of aliphatic carboxylic acids is 1. The van der Waals surface area contributed by atoms with Gasteiger partial charge < -0.3 is 15.2 Å². The first-order valence-electron chi connectivity index (χ1n) is 4.61. The summed E-state index contributed by atoms with van der Waals surface area (Å²) in [6.45, 7) is 5.42. The molecule has 0 aromatic heterocycles. The maximum atomic E-state index is 11.1. The number of hydrogen-bond acceptors (Lipinski definition) is 4. The first kappa shape index (κ1) is 12.9. The minimum atomic E-state index is -0.888. The first-order valence-corrected chi connectivity index (χ1v) is 4.61. The van der Waals surface area contributed by atoms with Crippen LogP contribution in [0.3, 0.4) is 0 Å². The molecule has 0 aliphatic carbocycles. The topological polar surface area (TPSA) is 75.6 Å². The molecule has 0 rings (SSSR count). The molecule has 0 radical (unpaired) electrons. The van der Waals surface area contributed by atoms with Crippen LogP contribution in [0.25, 0.3) is 0 Å². The van der Waals surface area contributed by atoms with E-state index in [1.54, 1.807) is 20.8 Å². The van der Waals surface area contributed by atoms with Crippen molar-refractivity contribution in [2.45, 2.75) is 39.3 Å². The number of ether oxygens (including phenoxy) is 1. The number of hydrogen-bond donors (Lipinski definition) is 2. The van der Waals surface area contributed by atoms with Crippen LogP contribution in [0, 0.1) is 0 Å². The van der Waals surface area contributed by atoms with Crippen LogP contribution in [0.2, 0.25) is 0 Å². The number of carbonyl (C=O) groups is 2. The molecular formula is C9H17NO4. The van der Waals surface area contributed by atoms with Crippen molar-refractivity contribution in [1.82, 2.24) is 5.32 Å².